The highest BCUT2D eigenvalue weighted by Gasteiger charge is 2.21. The second-order valence-corrected chi connectivity index (χ2v) is 4.89. The van der Waals surface area contributed by atoms with Crippen LogP contribution in [0, 0.1) is 0 Å². The number of benzene rings is 2. The molecule has 0 fully saturated rings. The van der Waals surface area contributed by atoms with E-state index < -0.39 is 0 Å². The van der Waals surface area contributed by atoms with E-state index in [9.17, 15) is 0 Å². The van der Waals surface area contributed by atoms with Crippen LogP contribution >= 0.6 is 0 Å². The molecule has 0 N–H and O–H groups in total. The topological polar surface area (TPSA) is 27.7 Å². The van der Waals surface area contributed by atoms with Crippen molar-refractivity contribution in [3.63, 3.8) is 0 Å². The lowest BCUT2D eigenvalue weighted by molar-refractivity contribution is 0.394. The van der Waals surface area contributed by atoms with Crippen LogP contribution in [0.5, 0.6) is 17.2 Å². The van der Waals surface area contributed by atoms with Gasteiger partial charge < -0.3 is 14.2 Å². The van der Waals surface area contributed by atoms with Crippen molar-refractivity contribution in [3.05, 3.63) is 41.5 Å². The molecule has 0 saturated carbocycles. The zero-order valence-electron chi connectivity index (χ0n) is 12.0. The van der Waals surface area contributed by atoms with Crippen molar-refractivity contribution >= 4 is 0 Å². The van der Waals surface area contributed by atoms with Gasteiger partial charge in [-0.15, -0.1) is 0 Å². The lowest BCUT2D eigenvalue weighted by atomic mass is 9.85. The Hall–Kier alpha value is -2.16. The van der Waals surface area contributed by atoms with E-state index in [1.165, 1.54) is 22.3 Å². The van der Waals surface area contributed by atoms with Crippen LogP contribution < -0.4 is 14.2 Å². The lowest BCUT2D eigenvalue weighted by Crippen LogP contribution is -2.06. The first-order valence-electron chi connectivity index (χ1n) is 6.69. The van der Waals surface area contributed by atoms with E-state index in [4.69, 9.17) is 14.2 Å². The molecule has 0 spiro atoms. The van der Waals surface area contributed by atoms with Crippen molar-refractivity contribution in [2.45, 2.75) is 12.8 Å². The molecular formula is C17H18O3. The molecule has 104 valence electrons. The fourth-order valence-corrected chi connectivity index (χ4v) is 2.84. The monoisotopic (exact) mass is 270 g/mol. The highest BCUT2D eigenvalue weighted by atomic mass is 16.5. The van der Waals surface area contributed by atoms with Gasteiger partial charge in [-0.05, 0) is 47.7 Å². The number of ether oxygens (including phenoxy) is 3. The summed E-state index contributed by atoms with van der Waals surface area (Å²) in [4.78, 5) is 0. The van der Waals surface area contributed by atoms with Crippen LogP contribution in [0.2, 0.25) is 0 Å². The third-order valence-electron chi connectivity index (χ3n) is 3.86. The second-order valence-electron chi connectivity index (χ2n) is 4.89. The highest BCUT2D eigenvalue weighted by Crippen LogP contribution is 2.43. The van der Waals surface area contributed by atoms with Gasteiger partial charge in [0, 0.05) is 11.6 Å². The van der Waals surface area contributed by atoms with Crippen molar-refractivity contribution in [1.29, 1.82) is 0 Å². The van der Waals surface area contributed by atoms with Gasteiger partial charge in [0.05, 0.1) is 21.3 Å². The first-order valence-corrected chi connectivity index (χ1v) is 6.69. The molecule has 0 aromatic heterocycles. The molecule has 3 nitrogen and oxygen atoms in total. The maximum absolute atomic E-state index is 5.56. The van der Waals surface area contributed by atoms with Crippen molar-refractivity contribution in [2.24, 2.45) is 0 Å². The summed E-state index contributed by atoms with van der Waals surface area (Å²) in [6.07, 6.45) is 2.00. The van der Waals surface area contributed by atoms with Gasteiger partial charge in [-0.2, -0.15) is 0 Å². The number of rotatable bonds is 3. The quantitative estimate of drug-likeness (QED) is 0.854. The molecule has 0 atom stereocenters. The molecule has 0 aliphatic heterocycles. The molecule has 3 heteroatoms. The predicted octanol–water partition coefficient (Wildman–Crippen LogP) is 3.48. The molecule has 1 aliphatic rings. The highest BCUT2D eigenvalue weighted by molar-refractivity contribution is 5.80. The zero-order valence-corrected chi connectivity index (χ0v) is 12.0. The van der Waals surface area contributed by atoms with Crippen molar-refractivity contribution in [1.82, 2.24) is 0 Å². The third-order valence-corrected chi connectivity index (χ3v) is 3.86. The van der Waals surface area contributed by atoms with Crippen molar-refractivity contribution in [2.75, 3.05) is 21.3 Å². The smallest absolute Gasteiger partial charge is 0.130 e. The van der Waals surface area contributed by atoms with Crippen LogP contribution in [0.4, 0.5) is 0 Å². The molecule has 0 bridgehead atoms. The summed E-state index contributed by atoms with van der Waals surface area (Å²) in [5, 5.41) is 0. The summed E-state index contributed by atoms with van der Waals surface area (Å²) in [7, 11) is 5.08. The average molecular weight is 270 g/mol. The summed E-state index contributed by atoms with van der Waals surface area (Å²) in [5.74, 6) is 2.61. The molecule has 0 amide bonds. The lowest BCUT2D eigenvalue weighted by Gasteiger charge is -2.23. The number of hydrogen-bond acceptors (Lipinski definition) is 3. The molecule has 3 rings (SSSR count). The summed E-state index contributed by atoms with van der Waals surface area (Å²) in [6, 6.07) is 10.3. The largest absolute Gasteiger partial charge is 0.497 e. The standard InChI is InChI=1S/C17H18O3/c1-18-13-6-7-15-11(8-13)4-5-12-9-14(19-2)10-16(20-3)17(12)15/h6-10H,4-5H2,1-3H3. The Balaban J connectivity index is 2.20. The normalized spacial score (nSPS) is 12.3. The van der Waals surface area contributed by atoms with Gasteiger partial charge >= 0.3 is 0 Å². The molecule has 2 aromatic rings. The number of fused-ring (bicyclic) bond motifs is 3. The predicted molar refractivity (Wildman–Crippen MR) is 78.9 cm³/mol. The van der Waals surface area contributed by atoms with Crippen LogP contribution in [0.15, 0.2) is 30.3 Å². The van der Waals surface area contributed by atoms with Gasteiger partial charge in [0.25, 0.3) is 0 Å². The van der Waals surface area contributed by atoms with E-state index in [2.05, 4.69) is 18.2 Å². The van der Waals surface area contributed by atoms with Gasteiger partial charge in [0.2, 0.25) is 0 Å². The zero-order chi connectivity index (χ0) is 14.1. The molecular weight excluding hydrogens is 252 g/mol. The van der Waals surface area contributed by atoms with Gasteiger partial charge in [-0.25, -0.2) is 0 Å². The van der Waals surface area contributed by atoms with E-state index in [0.29, 0.717) is 0 Å². The van der Waals surface area contributed by atoms with Crippen LogP contribution in [-0.2, 0) is 12.8 Å². The average Bonchev–Trinajstić information content (AvgIpc) is 2.52. The SMILES string of the molecule is COc1ccc2c(c1)CCc1cc(OC)cc(OC)c1-2. The molecule has 0 heterocycles. The summed E-state index contributed by atoms with van der Waals surface area (Å²) in [6.45, 7) is 0. The van der Waals surface area contributed by atoms with Crippen LogP contribution in [0.1, 0.15) is 11.1 Å². The number of aryl methyl sites for hydroxylation is 2. The van der Waals surface area contributed by atoms with Crippen LogP contribution in [0.25, 0.3) is 11.1 Å². The Morgan fingerprint density at radius 3 is 2.15 bits per heavy atom. The van der Waals surface area contributed by atoms with E-state index in [0.717, 1.165) is 30.1 Å². The Bertz CT molecular complexity index is 630. The minimum Gasteiger partial charge on any atom is -0.497 e. The van der Waals surface area contributed by atoms with E-state index in [1.54, 1.807) is 21.3 Å². The second kappa shape index (κ2) is 5.08. The first-order chi connectivity index (χ1) is 9.76. The van der Waals surface area contributed by atoms with Crippen molar-refractivity contribution < 1.29 is 14.2 Å². The molecule has 0 saturated heterocycles. The fourth-order valence-electron chi connectivity index (χ4n) is 2.84. The van der Waals surface area contributed by atoms with Gasteiger partial charge in [-0.1, -0.05) is 6.07 Å². The Kier molecular flexibility index (Phi) is 3.26. The van der Waals surface area contributed by atoms with Gasteiger partial charge in [0.15, 0.2) is 0 Å². The van der Waals surface area contributed by atoms with Crippen LogP contribution in [0.3, 0.4) is 0 Å². The number of methoxy groups -OCH3 is 3. The minimum atomic E-state index is 0.845. The van der Waals surface area contributed by atoms with Crippen molar-refractivity contribution in [3.8, 4) is 28.4 Å². The Morgan fingerprint density at radius 2 is 1.45 bits per heavy atom. The third kappa shape index (κ3) is 1.99. The molecule has 0 radical (unpaired) electrons. The fraction of sp³-hybridized carbons (Fsp3) is 0.294. The maximum atomic E-state index is 5.56. The molecule has 1 aliphatic carbocycles. The van der Waals surface area contributed by atoms with Gasteiger partial charge in [-0.3, -0.25) is 0 Å². The van der Waals surface area contributed by atoms with E-state index >= 15 is 0 Å². The summed E-state index contributed by atoms with van der Waals surface area (Å²) in [5.41, 5.74) is 4.99. The maximum Gasteiger partial charge on any atom is 0.130 e. The number of hydrogen-bond donors (Lipinski definition) is 0. The van der Waals surface area contributed by atoms with E-state index in [1.807, 2.05) is 12.1 Å². The first kappa shape index (κ1) is 12.9. The summed E-state index contributed by atoms with van der Waals surface area (Å²) < 4.78 is 16.2. The Morgan fingerprint density at radius 1 is 0.750 bits per heavy atom. The molecule has 20 heavy (non-hydrogen) atoms. The summed E-state index contributed by atoms with van der Waals surface area (Å²) >= 11 is 0. The minimum absolute atomic E-state index is 0.845. The molecule has 0 unspecified atom stereocenters. The molecule has 2 aromatic carbocycles. The Labute approximate surface area is 119 Å². The van der Waals surface area contributed by atoms with E-state index in [-0.39, 0.29) is 0 Å². The van der Waals surface area contributed by atoms with Crippen LogP contribution in [-0.4, -0.2) is 21.3 Å². The van der Waals surface area contributed by atoms with Gasteiger partial charge in [0.1, 0.15) is 17.2 Å².